The zero-order valence-electron chi connectivity index (χ0n) is 48.0. The maximum Gasteiger partial charge on any atom is 0.305 e. The maximum atomic E-state index is 12.5. The number of esters is 1. The Morgan fingerprint density at radius 2 is 0.662 bits per heavy atom. The SMILES string of the molecule is CCCCCCCC/C=C\CCCCCCCCCC(=O)OCCCCCCCCCCCCCC/C=C\CCCCCCCCCCC(=O)NC(CO)C(O)CCCCCCCCCCCCCCC. The molecule has 2 unspecified atom stereocenters. The smallest absolute Gasteiger partial charge is 0.305 e. The van der Waals surface area contributed by atoms with E-state index in [0.29, 0.717) is 25.9 Å². The third-order valence-corrected chi connectivity index (χ3v) is 15.0. The van der Waals surface area contributed by atoms with Crippen molar-refractivity contribution in [1.29, 1.82) is 0 Å². The van der Waals surface area contributed by atoms with E-state index in [0.717, 1.165) is 44.9 Å². The predicted octanol–water partition coefficient (Wildman–Crippen LogP) is 20.2. The summed E-state index contributed by atoms with van der Waals surface area (Å²) in [6.45, 7) is 4.96. The molecule has 0 saturated carbocycles. The number of hydrogen-bond acceptors (Lipinski definition) is 5. The first-order valence-corrected chi connectivity index (χ1v) is 32.1. The number of carbonyl (C=O) groups excluding carboxylic acids is 2. The summed E-state index contributed by atoms with van der Waals surface area (Å²) >= 11 is 0. The second kappa shape index (κ2) is 60.9. The first-order chi connectivity index (χ1) is 35.0. The molecule has 0 fully saturated rings. The van der Waals surface area contributed by atoms with E-state index in [9.17, 15) is 19.8 Å². The minimum Gasteiger partial charge on any atom is -0.466 e. The van der Waals surface area contributed by atoms with Crippen molar-refractivity contribution in [2.75, 3.05) is 13.2 Å². The molecule has 3 N–H and O–H groups in total. The first kappa shape index (κ1) is 69.3. The van der Waals surface area contributed by atoms with E-state index >= 15 is 0 Å². The van der Waals surface area contributed by atoms with Crippen LogP contribution in [0, 0.1) is 0 Å². The summed E-state index contributed by atoms with van der Waals surface area (Å²) in [5, 5.41) is 23.3. The monoisotopic (exact) mass is 1000 g/mol. The first-order valence-electron chi connectivity index (χ1n) is 32.1. The fourth-order valence-corrected chi connectivity index (χ4v) is 10.0. The van der Waals surface area contributed by atoms with Crippen LogP contribution in [0.15, 0.2) is 24.3 Å². The minimum absolute atomic E-state index is 0.00963. The highest BCUT2D eigenvalue weighted by molar-refractivity contribution is 5.76. The summed E-state index contributed by atoms with van der Waals surface area (Å²) in [5.74, 6) is -0.0287. The van der Waals surface area contributed by atoms with Crippen LogP contribution >= 0.6 is 0 Å². The fourth-order valence-electron chi connectivity index (χ4n) is 10.0. The summed E-state index contributed by atoms with van der Waals surface area (Å²) in [5.41, 5.74) is 0. The molecule has 6 nitrogen and oxygen atoms in total. The Balaban J connectivity index is 3.38. The lowest BCUT2D eigenvalue weighted by Crippen LogP contribution is -2.45. The number of aliphatic hydroxyl groups is 2. The number of carbonyl (C=O) groups is 2. The Hall–Kier alpha value is -1.66. The normalized spacial score (nSPS) is 12.7. The lowest BCUT2D eigenvalue weighted by molar-refractivity contribution is -0.143. The van der Waals surface area contributed by atoms with Gasteiger partial charge in [0.2, 0.25) is 5.91 Å². The molecular weight excluding hydrogens is 875 g/mol. The largest absolute Gasteiger partial charge is 0.466 e. The number of unbranched alkanes of at least 4 members (excludes halogenated alkanes) is 45. The number of hydrogen-bond donors (Lipinski definition) is 3. The second-order valence-electron chi connectivity index (χ2n) is 22.1. The van der Waals surface area contributed by atoms with Gasteiger partial charge in [0.1, 0.15) is 0 Å². The van der Waals surface area contributed by atoms with Gasteiger partial charge in [-0.25, -0.2) is 0 Å². The van der Waals surface area contributed by atoms with Gasteiger partial charge in [-0.05, 0) is 77.0 Å². The van der Waals surface area contributed by atoms with Crippen molar-refractivity contribution in [3.63, 3.8) is 0 Å². The van der Waals surface area contributed by atoms with Crippen molar-refractivity contribution < 1.29 is 24.5 Å². The molecule has 1 amide bonds. The molecule has 0 aromatic heterocycles. The van der Waals surface area contributed by atoms with Crippen molar-refractivity contribution in [1.82, 2.24) is 5.32 Å². The van der Waals surface area contributed by atoms with Crippen LogP contribution < -0.4 is 5.32 Å². The van der Waals surface area contributed by atoms with E-state index in [-0.39, 0.29) is 18.5 Å². The molecule has 71 heavy (non-hydrogen) atoms. The topological polar surface area (TPSA) is 95.9 Å². The molecular formula is C65H125NO5. The average Bonchev–Trinajstić information content (AvgIpc) is 3.37. The van der Waals surface area contributed by atoms with Gasteiger partial charge >= 0.3 is 5.97 Å². The third-order valence-electron chi connectivity index (χ3n) is 15.0. The molecule has 0 aliphatic rings. The Morgan fingerprint density at radius 1 is 0.380 bits per heavy atom. The molecule has 0 aliphatic carbocycles. The highest BCUT2D eigenvalue weighted by Gasteiger charge is 2.20. The summed E-state index contributed by atoms with van der Waals surface area (Å²) in [4.78, 5) is 24.6. The van der Waals surface area contributed by atoms with Crippen LogP contribution in [-0.4, -0.2) is 47.4 Å². The molecule has 0 spiro atoms. The summed E-state index contributed by atoms with van der Waals surface area (Å²) in [6, 6.07) is -0.544. The van der Waals surface area contributed by atoms with Crippen molar-refractivity contribution in [2.24, 2.45) is 0 Å². The Morgan fingerprint density at radius 3 is 1.00 bits per heavy atom. The number of allylic oxidation sites excluding steroid dienone is 4. The van der Waals surface area contributed by atoms with E-state index in [1.165, 1.54) is 276 Å². The van der Waals surface area contributed by atoms with E-state index in [4.69, 9.17) is 4.74 Å². The zero-order valence-corrected chi connectivity index (χ0v) is 48.0. The number of amides is 1. The number of ether oxygens (including phenoxy) is 1. The van der Waals surface area contributed by atoms with Crippen LogP contribution in [-0.2, 0) is 14.3 Å². The average molecular weight is 1000 g/mol. The number of rotatable bonds is 60. The van der Waals surface area contributed by atoms with Gasteiger partial charge < -0.3 is 20.3 Å². The summed E-state index contributed by atoms with van der Waals surface area (Å²) < 4.78 is 5.49. The van der Waals surface area contributed by atoms with Crippen LogP contribution in [0.1, 0.15) is 354 Å². The molecule has 0 aromatic rings. The molecule has 0 aromatic carbocycles. The van der Waals surface area contributed by atoms with Crippen LogP contribution in [0.25, 0.3) is 0 Å². The molecule has 0 rings (SSSR count). The highest BCUT2D eigenvalue weighted by Crippen LogP contribution is 2.18. The quantitative estimate of drug-likeness (QED) is 0.0320. The lowest BCUT2D eigenvalue weighted by atomic mass is 10.0. The zero-order chi connectivity index (χ0) is 51.4. The van der Waals surface area contributed by atoms with Crippen molar-refractivity contribution in [3.8, 4) is 0 Å². The Labute approximate surface area is 443 Å². The Kier molecular flexibility index (Phi) is 59.5. The molecule has 420 valence electrons. The van der Waals surface area contributed by atoms with Gasteiger partial charge in [-0.3, -0.25) is 9.59 Å². The number of aliphatic hydroxyl groups excluding tert-OH is 2. The van der Waals surface area contributed by atoms with Crippen LogP contribution in [0.2, 0.25) is 0 Å². The third kappa shape index (κ3) is 57.5. The second-order valence-corrected chi connectivity index (χ2v) is 22.1. The van der Waals surface area contributed by atoms with Gasteiger partial charge in [0, 0.05) is 12.8 Å². The maximum absolute atomic E-state index is 12.5. The van der Waals surface area contributed by atoms with Crippen molar-refractivity contribution in [3.05, 3.63) is 24.3 Å². The van der Waals surface area contributed by atoms with Gasteiger partial charge in [0.25, 0.3) is 0 Å². The molecule has 0 heterocycles. The molecule has 0 aliphatic heterocycles. The van der Waals surface area contributed by atoms with E-state index in [1.54, 1.807) is 0 Å². The van der Waals surface area contributed by atoms with E-state index < -0.39 is 12.1 Å². The van der Waals surface area contributed by atoms with Gasteiger partial charge in [-0.15, -0.1) is 0 Å². The van der Waals surface area contributed by atoms with Crippen molar-refractivity contribution in [2.45, 2.75) is 366 Å². The van der Waals surface area contributed by atoms with Gasteiger partial charge in [0.05, 0.1) is 25.4 Å². The summed E-state index contributed by atoms with van der Waals surface area (Å²) in [7, 11) is 0. The standard InChI is InChI=1S/C65H125NO5/c1-3-5-7-9-11-13-15-17-18-27-31-35-39-43-47-51-55-59-65(70)71-60-56-52-48-44-40-36-32-29-26-24-22-20-19-21-23-25-28-30-34-38-42-46-50-54-58-64(69)66-62(61-67)63(68)57-53-49-45-41-37-33-16-14-12-10-8-6-4-2/h17-18,21,23,62-63,67-68H,3-16,19-20,22,24-61H2,1-2H3,(H,66,69)/b18-17-,23-21-. The predicted molar refractivity (Wildman–Crippen MR) is 310 cm³/mol. The fraction of sp³-hybridized carbons (Fsp3) is 0.908. The summed E-state index contributed by atoms with van der Waals surface area (Å²) in [6.07, 6.45) is 74.8. The van der Waals surface area contributed by atoms with Crippen LogP contribution in [0.4, 0.5) is 0 Å². The van der Waals surface area contributed by atoms with Gasteiger partial charge in [0.15, 0.2) is 0 Å². The Bertz CT molecular complexity index is 1110. The lowest BCUT2D eigenvalue weighted by Gasteiger charge is -2.22. The van der Waals surface area contributed by atoms with Crippen LogP contribution in [0.5, 0.6) is 0 Å². The van der Waals surface area contributed by atoms with Gasteiger partial charge in [-0.1, -0.05) is 289 Å². The molecule has 2 atom stereocenters. The molecule has 0 bridgehead atoms. The molecule has 6 heteroatoms. The molecule has 0 radical (unpaired) electrons. The van der Waals surface area contributed by atoms with Gasteiger partial charge in [-0.2, -0.15) is 0 Å². The van der Waals surface area contributed by atoms with Crippen LogP contribution in [0.3, 0.4) is 0 Å². The van der Waals surface area contributed by atoms with E-state index in [1.807, 2.05) is 0 Å². The minimum atomic E-state index is -0.666. The number of nitrogens with one attached hydrogen (secondary N) is 1. The van der Waals surface area contributed by atoms with Crippen molar-refractivity contribution >= 4 is 11.9 Å². The van der Waals surface area contributed by atoms with E-state index in [2.05, 4.69) is 43.5 Å². The highest BCUT2D eigenvalue weighted by atomic mass is 16.5. The molecule has 0 saturated heterocycles.